The number of aromatic nitrogens is 1. The molecule has 1 aromatic heterocycles. The third-order valence-electron chi connectivity index (χ3n) is 6.48. The number of carbonyl (C=O) groups is 1. The van der Waals surface area contributed by atoms with Crippen molar-refractivity contribution in [1.29, 1.82) is 0 Å². The molecular weight excluding hydrogens is 406 g/mol. The molecule has 6 nitrogen and oxygen atoms in total. The van der Waals surface area contributed by atoms with E-state index in [0.717, 1.165) is 51.2 Å². The molecule has 3 heterocycles. The minimum absolute atomic E-state index is 0.00575. The minimum Gasteiger partial charge on any atom is -0.493 e. The summed E-state index contributed by atoms with van der Waals surface area (Å²) in [4.78, 5) is 12.9. The van der Waals surface area contributed by atoms with Crippen LogP contribution in [0.3, 0.4) is 0 Å². The summed E-state index contributed by atoms with van der Waals surface area (Å²) in [6, 6.07) is 8.06. The summed E-state index contributed by atoms with van der Waals surface area (Å²) in [6.07, 6.45) is 1.19. The van der Waals surface area contributed by atoms with Crippen molar-refractivity contribution in [3.05, 3.63) is 47.7 Å². The number of hydrogen-bond donors (Lipinski definition) is 0. The predicted molar refractivity (Wildman–Crippen MR) is 122 cm³/mol. The van der Waals surface area contributed by atoms with Gasteiger partial charge < -0.3 is 18.9 Å². The van der Waals surface area contributed by atoms with Crippen LogP contribution in [0.25, 0.3) is 27.6 Å². The topological polar surface area (TPSA) is 57.9 Å². The van der Waals surface area contributed by atoms with E-state index < -0.39 is 0 Å². The number of rotatable bonds is 5. The number of ketones is 1. The summed E-state index contributed by atoms with van der Waals surface area (Å²) < 4.78 is 24.9. The first-order valence-corrected chi connectivity index (χ1v) is 10.8. The first kappa shape index (κ1) is 20.4. The lowest BCUT2D eigenvalue weighted by Crippen LogP contribution is -2.45. The van der Waals surface area contributed by atoms with Crippen LogP contribution in [0.2, 0.25) is 0 Å². The number of methoxy groups -OCH3 is 2. The molecule has 2 aliphatic heterocycles. The zero-order valence-electron chi connectivity index (χ0n) is 18.8. The van der Waals surface area contributed by atoms with Gasteiger partial charge in [0, 0.05) is 23.8 Å². The van der Waals surface area contributed by atoms with Gasteiger partial charge in [0.15, 0.2) is 35.3 Å². The second-order valence-electron chi connectivity index (χ2n) is 8.07. The molecule has 0 saturated carbocycles. The Morgan fingerprint density at radius 3 is 2.59 bits per heavy atom. The lowest BCUT2D eigenvalue weighted by atomic mass is 9.88. The van der Waals surface area contributed by atoms with Gasteiger partial charge in [0.05, 0.1) is 25.4 Å². The number of pyridine rings is 1. The van der Waals surface area contributed by atoms with E-state index >= 15 is 0 Å². The predicted octanol–water partition coefficient (Wildman–Crippen LogP) is 4.40. The Hall–Kier alpha value is -3.54. The minimum atomic E-state index is 0.00575. The highest BCUT2D eigenvalue weighted by molar-refractivity contribution is 6.22. The second kappa shape index (κ2) is 7.55. The van der Waals surface area contributed by atoms with Gasteiger partial charge in [-0.15, -0.1) is 0 Å². The third-order valence-corrected chi connectivity index (χ3v) is 6.48. The van der Waals surface area contributed by atoms with Crippen molar-refractivity contribution in [2.75, 3.05) is 21.0 Å². The largest absolute Gasteiger partial charge is 0.493 e. The fourth-order valence-electron chi connectivity index (χ4n) is 4.93. The van der Waals surface area contributed by atoms with Crippen molar-refractivity contribution < 1.29 is 28.3 Å². The molecule has 32 heavy (non-hydrogen) atoms. The van der Waals surface area contributed by atoms with E-state index in [-0.39, 0.29) is 12.6 Å². The lowest BCUT2D eigenvalue weighted by Gasteiger charge is -2.23. The number of allylic oxidation sites excluding steroid dienone is 1. The van der Waals surface area contributed by atoms with E-state index in [1.165, 1.54) is 5.56 Å². The molecule has 164 valence electrons. The number of nitrogens with zero attached hydrogens (tertiary/aromatic N) is 1. The Labute approximate surface area is 187 Å². The molecule has 0 bridgehead atoms. The quantitative estimate of drug-likeness (QED) is 0.442. The number of carbonyl (C=O) groups excluding carboxylic acids is 1. The van der Waals surface area contributed by atoms with Crippen LogP contribution in [-0.2, 0) is 17.8 Å². The number of aryl methyl sites for hydroxylation is 2. The van der Waals surface area contributed by atoms with E-state index in [9.17, 15) is 4.79 Å². The van der Waals surface area contributed by atoms with Gasteiger partial charge in [0.2, 0.25) is 18.2 Å². The summed E-state index contributed by atoms with van der Waals surface area (Å²) >= 11 is 0. The van der Waals surface area contributed by atoms with Crippen LogP contribution in [-0.4, -0.2) is 26.8 Å². The first-order valence-electron chi connectivity index (χ1n) is 10.8. The summed E-state index contributed by atoms with van der Waals surface area (Å²) in [6.45, 7) is 9.13. The van der Waals surface area contributed by atoms with Gasteiger partial charge in [-0.05, 0) is 36.8 Å². The van der Waals surface area contributed by atoms with Gasteiger partial charge in [-0.1, -0.05) is 13.5 Å². The smallest absolute Gasteiger partial charge is 0.231 e. The van der Waals surface area contributed by atoms with Gasteiger partial charge in [0.1, 0.15) is 5.39 Å². The zero-order valence-corrected chi connectivity index (χ0v) is 18.8. The highest BCUT2D eigenvalue weighted by Gasteiger charge is 2.36. The Kier molecular flexibility index (Phi) is 4.81. The van der Waals surface area contributed by atoms with Crippen molar-refractivity contribution in [2.24, 2.45) is 0 Å². The molecule has 5 rings (SSSR count). The van der Waals surface area contributed by atoms with Crippen LogP contribution in [0, 0.1) is 6.92 Å². The summed E-state index contributed by atoms with van der Waals surface area (Å²) in [7, 11) is 3.24. The van der Waals surface area contributed by atoms with E-state index in [1.807, 2.05) is 19.1 Å². The average Bonchev–Trinajstić information content (AvgIpc) is 3.28. The maximum absolute atomic E-state index is 12.9. The van der Waals surface area contributed by atoms with E-state index in [2.05, 4.69) is 30.2 Å². The molecule has 3 aromatic rings. The number of fused-ring (bicyclic) bond motifs is 5. The molecule has 6 heteroatoms. The van der Waals surface area contributed by atoms with Crippen molar-refractivity contribution >= 4 is 22.1 Å². The van der Waals surface area contributed by atoms with Crippen LogP contribution in [0.5, 0.6) is 23.0 Å². The zero-order chi connectivity index (χ0) is 22.6. The van der Waals surface area contributed by atoms with Crippen LogP contribution >= 0.6 is 0 Å². The van der Waals surface area contributed by atoms with Crippen molar-refractivity contribution in [3.8, 4) is 34.3 Å². The van der Waals surface area contributed by atoms with Crippen LogP contribution < -0.4 is 23.5 Å². The Balaban J connectivity index is 1.92. The Morgan fingerprint density at radius 2 is 1.91 bits per heavy atom. The Bertz CT molecular complexity index is 1310. The Morgan fingerprint density at radius 1 is 1.16 bits per heavy atom. The molecule has 0 N–H and O–H groups in total. The van der Waals surface area contributed by atoms with E-state index in [0.29, 0.717) is 30.0 Å². The molecule has 0 unspecified atom stereocenters. The van der Waals surface area contributed by atoms with Crippen molar-refractivity contribution in [3.63, 3.8) is 0 Å². The first-order chi connectivity index (χ1) is 15.5. The normalized spacial score (nSPS) is 13.5. The SMILES string of the molecule is C=C(C(=O)CC)c1c2c(OC)c(OC)ccc2c(C)c2[n+]1CCc1cc3c(cc1-2)OCO3. The molecule has 0 amide bonds. The molecule has 2 aliphatic rings. The third kappa shape index (κ3) is 2.79. The fourth-order valence-corrected chi connectivity index (χ4v) is 4.93. The standard InChI is InChI=1S/C26H26NO5/c1-6-19(28)15(3)25-23-17(7-8-20(29-4)26(23)30-5)14(2)24-18-12-22-21(31-13-32-22)11-16(18)9-10-27(24)25/h7-8,11-12H,3,6,9-10,13H2,1-2,4-5H3/q+1. The summed E-state index contributed by atoms with van der Waals surface area (Å²) in [5, 5.41) is 1.85. The second-order valence-corrected chi connectivity index (χ2v) is 8.07. The highest BCUT2D eigenvalue weighted by atomic mass is 16.7. The van der Waals surface area contributed by atoms with Gasteiger partial charge >= 0.3 is 0 Å². The molecule has 0 saturated heterocycles. The molecule has 0 aliphatic carbocycles. The van der Waals surface area contributed by atoms with Crippen LogP contribution in [0.15, 0.2) is 30.8 Å². The van der Waals surface area contributed by atoms with Crippen LogP contribution in [0.4, 0.5) is 0 Å². The number of ether oxygens (including phenoxy) is 4. The molecule has 0 fully saturated rings. The number of benzene rings is 2. The number of Topliss-reactive ketones (excluding diaryl/α,β-unsaturated/α-hetero) is 1. The monoisotopic (exact) mass is 432 g/mol. The van der Waals surface area contributed by atoms with Gasteiger partial charge in [-0.3, -0.25) is 4.79 Å². The van der Waals surface area contributed by atoms with Gasteiger partial charge in [0.25, 0.3) is 0 Å². The number of hydrogen-bond acceptors (Lipinski definition) is 5. The summed E-state index contributed by atoms with van der Waals surface area (Å²) in [5.41, 5.74) is 5.72. The summed E-state index contributed by atoms with van der Waals surface area (Å²) in [5.74, 6) is 2.77. The van der Waals surface area contributed by atoms with Crippen LogP contribution in [0.1, 0.15) is 30.2 Å². The van der Waals surface area contributed by atoms with E-state index in [1.54, 1.807) is 14.2 Å². The average molecular weight is 432 g/mol. The lowest BCUT2D eigenvalue weighted by molar-refractivity contribution is -0.688. The molecular formula is C26H26NO5+. The molecule has 2 aromatic carbocycles. The highest BCUT2D eigenvalue weighted by Crippen LogP contribution is 2.45. The maximum atomic E-state index is 12.9. The molecule has 0 radical (unpaired) electrons. The fraction of sp³-hybridized carbons (Fsp3) is 0.308. The van der Waals surface area contributed by atoms with Crippen molar-refractivity contribution in [1.82, 2.24) is 0 Å². The van der Waals surface area contributed by atoms with Crippen molar-refractivity contribution in [2.45, 2.75) is 33.2 Å². The van der Waals surface area contributed by atoms with Gasteiger partial charge in [-0.25, -0.2) is 0 Å². The molecule has 0 atom stereocenters. The van der Waals surface area contributed by atoms with E-state index in [4.69, 9.17) is 18.9 Å². The molecule has 0 spiro atoms. The van der Waals surface area contributed by atoms with Gasteiger partial charge in [-0.2, -0.15) is 4.57 Å². The maximum Gasteiger partial charge on any atom is 0.231 e.